The second-order valence-corrected chi connectivity index (χ2v) is 6.57. The van der Waals surface area contributed by atoms with Crippen LogP contribution in [0.4, 0.5) is 0 Å². The van der Waals surface area contributed by atoms with Gasteiger partial charge in [0.05, 0.1) is 6.54 Å². The maximum atomic E-state index is 6.08. The Morgan fingerprint density at radius 1 is 1.12 bits per heavy atom. The molecule has 136 valence electrons. The first-order chi connectivity index (χ1) is 12.7. The van der Waals surface area contributed by atoms with Gasteiger partial charge in [-0.25, -0.2) is 4.68 Å². The second-order valence-electron chi connectivity index (χ2n) is 6.19. The van der Waals surface area contributed by atoms with E-state index in [1.165, 1.54) is 11.1 Å². The lowest BCUT2D eigenvalue weighted by Gasteiger charge is -2.15. The van der Waals surface area contributed by atoms with Gasteiger partial charge in [-0.3, -0.25) is 5.10 Å². The molecule has 0 bridgehead atoms. The number of hydrogen-bond acceptors (Lipinski definition) is 4. The molecule has 0 aliphatic heterocycles. The Labute approximate surface area is 159 Å². The van der Waals surface area contributed by atoms with Crippen LogP contribution in [0.5, 0.6) is 5.75 Å². The third kappa shape index (κ3) is 4.32. The maximum absolute atomic E-state index is 6.08. The highest BCUT2D eigenvalue weighted by molar-refractivity contribution is 7.71. The van der Waals surface area contributed by atoms with Gasteiger partial charge in [0.1, 0.15) is 12.4 Å². The van der Waals surface area contributed by atoms with Crippen molar-refractivity contribution < 1.29 is 4.74 Å². The van der Waals surface area contributed by atoms with E-state index in [1.807, 2.05) is 35.0 Å². The summed E-state index contributed by atoms with van der Waals surface area (Å²) in [5, 5.41) is 7.13. The number of ether oxygens (including phenoxy) is 1. The molecule has 5 nitrogen and oxygen atoms in total. The van der Waals surface area contributed by atoms with Crippen molar-refractivity contribution in [2.24, 2.45) is 0 Å². The van der Waals surface area contributed by atoms with Gasteiger partial charge in [0.2, 0.25) is 4.77 Å². The molecule has 3 rings (SSSR count). The summed E-state index contributed by atoms with van der Waals surface area (Å²) in [5.41, 5.74) is 6.85. The molecular weight excluding hydrogens is 344 g/mol. The Balaban J connectivity index is 1.71. The fourth-order valence-corrected chi connectivity index (χ4v) is 2.98. The van der Waals surface area contributed by atoms with Crippen molar-refractivity contribution in [3.63, 3.8) is 0 Å². The van der Waals surface area contributed by atoms with Crippen LogP contribution in [0.2, 0.25) is 0 Å². The Hall–Kier alpha value is -2.60. The maximum Gasteiger partial charge on any atom is 0.214 e. The Morgan fingerprint density at radius 3 is 2.62 bits per heavy atom. The summed E-state index contributed by atoms with van der Waals surface area (Å²) in [4.78, 5) is 0. The molecule has 0 saturated carbocycles. The summed E-state index contributed by atoms with van der Waals surface area (Å²) in [6, 6.07) is 16.3. The Kier molecular flexibility index (Phi) is 6.07. The third-order valence-corrected chi connectivity index (χ3v) is 4.53. The van der Waals surface area contributed by atoms with E-state index in [2.05, 4.69) is 47.7 Å². The lowest BCUT2D eigenvalue weighted by atomic mass is 10.1. The van der Waals surface area contributed by atoms with Crippen molar-refractivity contribution in [1.82, 2.24) is 14.9 Å². The van der Waals surface area contributed by atoms with Crippen molar-refractivity contribution in [1.29, 1.82) is 0 Å². The smallest absolute Gasteiger partial charge is 0.214 e. The molecule has 0 atom stereocenters. The molecule has 1 heterocycles. The zero-order valence-corrected chi connectivity index (χ0v) is 16.0. The van der Waals surface area contributed by atoms with E-state index in [-0.39, 0.29) is 0 Å². The molecule has 2 N–H and O–H groups in total. The molecule has 0 aliphatic carbocycles. The average molecular weight is 369 g/mol. The minimum Gasteiger partial charge on any atom is -0.489 e. The molecule has 0 unspecified atom stereocenters. The number of aromatic nitrogens is 3. The fourth-order valence-electron chi connectivity index (χ4n) is 2.77. The third-order valence-electron chi connectivity index (χ3n) is 4.26. The Morgan fingerprint density at radius 2 is 1.85 bits per heavy atom. The first-order valence-electron chi connectivity index (χ1n) is 8.84. The van der Waals surface area contributed by atoms with E-state index >= 15 is 0 Å². The van der Waals surface area contributed by atoms with Crippen LogP contribution in [0, 0.1) is 11.7 Å². The van der Waals surface area contributed by atoms with Crippen LogP contribution in [0.25, 0.3) is 0 Å². The van der Waals surface area contributed by atoms with E-state index in [4.69, 9.17) is 17.0 Å². The van der Waals surface area contributed by atoms with Gasteiger partial charge in [0, 0.05) is 12.0 Å². The molecule has 3 aromatic rings. The van der Waals surface area contributed by atoms with Crippen molar-refractivity contribution in [2.75, 3.05) is 5.43 Å². The number of aryl methyl sites for hydroxylation is 2. The molecule has 6 heteroatoms. The van der Waals surface area contributed by atoms with Gasteiger partial charge in [-0.1, -0.05) is 49.4 Å². The van der Waals surface area contributed by atoms with Crippen molar-refractivity contribution in [3.05, 3.63) is 75.8 Å². The van der Waals surface area contributed by atoms with Crippen molar-refractivity contribution in [3.8, 4) is 5.75 Å². The Bertz CT molecular complexity index is 916. The molecule has 0 spiro atoms. The van der Waals surface area contributed by atoms with E-state index in [1.54, 1.807) is 0 Å². The summed E-state index contributed by atoms with van der Waals surface area (Å²) < 4.78 is 8.50. The lowest BCUT2D eigenvalue weighted by molar-refractivity contribution is 0.302. The van der Waals surface area contributed by atoms with E-state index in [9.17, 15) is 0 Å². The molecule has 0 saturated heterocycles. The summed E-state index contributed by atoms with van der Waals surface area (Å²) in [6.45, 7) is 5.38. The number of aromatic amines is 1. The van der Waals surface area contributed by atoms with Crippen LogP contribution in [0.15, 0.2) is 48.5 Å². The lowest BCUT2D eigenvalue weighted by Crippen LogP contribution is -2.18. The van der Waals surface area contributed by atoms with Crippen molar-refractivity contribution >= 4 is 12.2 Å². The summed E-state index contributed by atoms with van der Waals surface area (Å²) in [7, 11) is 0. The van der Waals surface area contributed by atoms with Crippen LogP contribution >= 0.6 is 12.2 Å². The van der Waals surface area contributed by atoms with Crippen LogP contribution in [-0.4, -0.2) is 14.9 Å². The van der Waals surface area contributed by atoms with Crippen molar-refractivity contribution in [2.45, 2.75) is 39.8 Å². The standard InChI is InChI=1S/C20H24N4OS/c1-3-8-19-22-23-20(26)24(19)21-13-16-10-6-7-12-18(16)25-14-17-11-5-4-9-15(17)2/h4-7,9-12,21H,3,8,13-14H2,1-2H3,(H,23,26). The minimum atomic E-state index is 0.551. The highest BCUT2D eigenvalue weighted by atomic mass is 32.1. The molecule has 0 aliphatic rings. The van der Waals surface area contributed by atoms with Crippen LogP contribution in [0.3, 0.4) is 0 Å². The topological polar surface area (TPSA) is 54.9 Å². The van der Waals surface area contributed by atoms with E-state index in [0.717, 1.165) is 30.0 Å². The summed E-state index contributed by atoms with van der Waals surface area (Å²) in [6.07, 6.45) is 1.88. The molecule has 26 heavy (non-hydrogen) atoms. The number of nitrogens with zero attached hydrogens (tertiary/aromatic N) is 2. The van der Waals surface area contributed by atoms with Crippen LogP contribution < -0.4 is 10.2 Å². The fraction of sp³-hybridized carbons (Fsp3) is 0.300. The first kappa shape index (κ1) is 18.2. The molecule has 1 aromatic heterocycles. The number of H-pyrrole nitrogens is 1. The number of hydrogen-bond donors (Lipinski definition) is 2. The van der Waals surface area contributed by atoms with Crippen LogP contribution in [0.1, 0.15) is 35.9 Å². The summed E-state index contributed by atoms with van der Waals surface area (Å²) in [5.74, 6) is 1.78. The van der Waals surface area contributed by atoms with E-state index in [0.29, 0.717) is 17.9 Å². The van der Waals surface area contributed by atoms with Gasteiger partial charge in [-0.2, -0.15) is 5.10 Å². The number of benzene rings is 2. The molecule has 2 aromatic carbocycles. The quantitative estimate of drug-likeness (QED) is 0.574. The SMILES string of the molecule is CCCc1n[nH]c(=S)n1NCc1ccccc1OCc1ccccc1C. The van der Waals surface area contributed by atoms with Gasteiger partial charge in [-0.05, 0) is 42.8 Å². The largest absolute Gasteiger partial charge is 0.489 e. The first-order valence-corrected chi connectivity index (χ1v) is 9.25. The zero-order chi connectivity index (χ0) is 18.4. The molecule has 0 radical (unpaired) electrons. The monoisotopic (exact) mass is 368 g/mol. The highest BCUT2D eigenvalue weighted by Gasteiger charge is 2.08. The van der Waals surface area contributed by atoms with Gasteiger partial charge < -0.3 is 10.2 Å². The van der Waals surface area contributed by atoms with Gasteiger partial charge >= 0.3 is 0 Å². The predicted molar refractivity (Wildman–Crippen MR) is 106 cm³/mol. The zero-order valence-electron chi connectivity index (χ0n) is 15.2. The van der Waals surface area contributed by atoms with Crippen LogP contribution in [-0.2, 0) is 19.6 Å². The highest BCUT2D eigenvalue weighted by Crippen LogP contribution is 2.20. The minimum absolute atomic E-state index is 0.551. The summed E-state index contributed by atoms with van der Waals surface area (Å²) >= 11 is 5.32. The molecule has 0 amide bonds. The van der Waals surface area contributed by atoms with Gasteiger partial charge in [-0.15, -0.1) is 0 Å². The second kappa shape index (κ2) is 8.67. The average Bonchev–Trinajstić information content (AvgIpc) is 3.00. The normalized spacial score (nSPS) is 10.7. The molecule has 0 fully saturated rings. The van der Waals surface area contributed by atoms with Gasteiger partial charge in [0.25, 0.3) is 0 Å². The van der Waals surface area contributed by atoms with E-state index < -0.39 is 0 Å². The number of para-hydroxylation sites is 1. The van der Waals surface area contributed by atoms with Gasteiger partial charge in [0.15, 0.2) is 5.82 Å². The predicted octanol–water partition coefficient (Wildman–Crippen LogP) is 4.52. The number of nitrogens with one attached hydrogen (secondary N) is 2. The number of rotatable bonds is 8. The molecular formula is C20H24N4OS.